The fourth-order valence-corrected chi connectivity index (χ4v) is 3.10. The van der Waals surface area contributed by atoms with Gasteiger partial charge in [-0.3, -0.25) is 4.79 Å². The average Bonchev–Trinajstić information content (AvgIpc) is 2.74. The highest BCUT2D eigenvalue weighted by molar-refractivity contribution is 6.41. The third-order valence-electron chi connectivity index (χ3n) is 4.32. The minimum absolute atomic E-state index is 0.00357. The SMILES string of the molecule is O=C(COC(=O)c1cnc(Cl)c(Cl)c1)Nc1cc(C(F)(F)F)ccc1N1CCOCC1. The number of alkyl halides is 3. The van der Waals surface area contributed by atoms with E-state index in [1.165, 1.54) is 12.1 Å². The number of benzene rings is 1. The van der Waals surface area contributed by atoms with Gasteiger partial charge in [-0.2, -0.15) is 13.2 Å². The molecule has 1 aliphatic heterocycles. The number of amides is 1. The number of carbonyl (C=O) groups excluding carboxylic acids is 2. The molecule has 2 aromatic rings. The van der Waals surface area contributed by atoms with Crippen molar-refractivity contribution in [2.24, 2.45) is 0 Å². The smallest absolute Gasteiger partial charge is 0.416 e. The molecule has 1 aromatic heterocycles. The molecule has 0 bridgehead atoms. The predicted molar refractivity (Wildman–Crippen MR) is 108 cm³/mol. The summed E-state index contributed by atoms with van der Waals surface area (Å²) in [4.78, 5) is 29.8. The van der Waals surface area contributed by atoms with Crippen molar-refractivity contribution in [3.05, 3.63) is 51.8 Å². The first-order chi connectivity index (χ1) is 14.6. The fraction of sp³-hybridized carbons (Fsp3) is 0.316. The molecule has 0 radical (unpaired) electrons. The second-order valence-corrected chi connectivity index (χ2v) is 7.22. The third-order valence-corrected chi connectivity index (χ3v) is 5.00. The molecule has 0 atom stereocenters. The van der Waals surface area contributed by atoms with Gasteiger partial charge < -0.3 is 19.7 Å². The maximum absolute atomic E-state index is 13.1. The van der Waals surface area contributed by atoms with Crippen LogP contribution in [0.5, 0.6) is 0 Å². The van der Waals surface area contributed by atoms with E-state index >= 15 is 0 Å². The van der Waals surface area contributed by atoms with Crippen LogP contribution in [-0.4, -0.2) is 49.8 Å². The van der Waals surface area contributed by atoms with E-state index in [4.69, 9.17) is 32.7 Å². The van der Waals surface area contributed by atoms with E-state index in [0.29, 0.717) is 32.0 Å². The number of morpholine rings is 1. The molecule has 1 aliphatic rings. The van der Waals surface area contributed by atoms with Crippen LogP contribution < -0.4 is 10.2 Å². The lowest BCUT2D eigenvalue weighted by molar-refractivity contribution is -0.137. The molecular formula is C19H16Cl2F3N3O4. The minimum Gasteiger partial charge on any atom is -0.452 e. The van der Waals surface area contributed by atoms with E-state index in [1.54, 1.807) is 4.90 Å². The van der Waals surface area contributed by atoms with Gasteiger partial charge in [0.15, 0.2) is 6.61 Å². The second-order valence-electron chi connectivity index (χ2n) is 6.45. The van der Waals surface area contributed by atoms with Gasteiger partial charge in [-0.1, -0.05) is 23.2 Å². The number of nitrogens with one attached hydrogen (secondary N) is 1. The van der Waals surface area contributed by atoms with Gasteiger partial charge in [-0.15, -0.1) is 0 Å². The number of halogens is 5. The molecule has 0 saturated carbocycles. The van der Waals surface area contributed by atoms with Gasteiger partial charge in [0, 0.05) is 19.3 Å². The molecule has 2 heterocycles. The lowest BCUT2D eigenvalue weighted by atomic mass is 10.1. The number of hydrogen-bond acceptors (Lipinski definition) is 6. The number of rotatable bonds is 5. The third kappa shape index (κ3) is 5.99. The average molecular weight is 478 g/mol. The number of esters is 1. The largest absolute Gasteiger partial charge is 0.452 e. The van der Waals surface area contributed by atoms with Crippen LogP contribution in [0.2, 0.25) is 10.2 Å². The van der Waals surface area contributed by atoms with Gasteiger partial charge in [-0.05, 0) is 24.3 Å². The summed E-state index contributed by atoms with van der Waals surface area (Å²) < 4.78 is 49.6. The predicted octanol–water partition coefficient (Wildman–Crippen LogP) is 4.04. The number of nitrogens with zero attached hydrogens (tertiary/aromatic N) is 2. The Morgan fingerprint density at radius 1 is 1.19 bits per heavy atom. The van der Waals surface area contributed by atoms with Gasteiger partial charge in [0.2, 0.25) is 0 Å². The van der Waals surface area contributed by atoms with Crippen LogP contribution in [0, 0.1) is 0 Å². The standard InChI is InChI=1S/C19H16Cl2F3N3O4/c20-13-7-11(9-25-17(13)21)18(29)31-10-16(28)26-14-8-12(19(22,23)24)1-2-15(14)27-3-5-30-6-4-27/h1-2,7-9H,3-6,10H2,(H,26,28). The quantitative estimate of drug-likeness (QED) is 0.517. The second kappa shape index (κ2) is 9.71. The van der Waals surface area contributed by atoms with E-state index < -0.39 is 30.2 Å². The molecule has 1 aromatic carbocycles. The molecule has 0 unspecified atom stereocenters. The van der Waals surface area contributed by atoms with Crippen molar-refractivity contribution in [2.45, 2.75) is 6.18 Å². The van der Waals surface area contributed by atoms with Gasteiger partial charge in [0.05, 0.1) is 40.7 Å². The lowest BCUT2D eigenvalue weighted by Gasteiger charge is -2.31. The molecule has 12 heteroatoms. The highest BCUT2D eigenvalue weighted by Crippen LogP contribution is 2.35. The topological polar surface area (TPSA) is 80.8 Å². The molecular weight excluding hydrogens is 462 g/mol. The van der Waals surface area contributed by atoms with E-state index in [2.05, 4.69) is 10.3 Å². The fourth-order valence-electron chi connectivity index (χ4n) is 2.83. The first kappa shape index (κ1) is 23.1. The summed E-state index contributed by atoms with van der Waals surface area (Å²) in [5, 5.41) is 2.41. The van der Waals surface area contributed by atoms with E-state index in [1.807, 2.05) is 0 Å². The molecule has 0 aliphatic carbocycles. The molecule has 7 nitrogen and oxygen atoms in total. The van der Waals surface area contributed by atoms with Crippen molar-refractivity contribution in [2.75, 3.05) is 43.1 Å². The monoisotopic (exact) mass is 477 g/mol. The molecule has 31 heavy (non-hydrogen) atoms. The van der Waals surface area contributed by atoms with Gasteiger partial charge >= 0.3 is 12.1 Å². The van der Waals surface area contributed by atoms with E-state index in [9.17, 15) is 22.8 Å². The first-order valence-corrected chi connectivity index (χ1v) is 9.72. The summed E-state index contributed by atoms with van der Waals surface area (Å²) in [6, 6.07) is 4.29. The molecule has 1 saturated heterocycles. The minimum atomic E-state index is -4.59. The molecule has 1 N–H and O–H groups in total. The van der Waals surface area contributed by atoms with Crippen LogP contribution in [0.3, 0.4) is 0 Å². The number of anilines is 2. The Kier molecular flexibility index (Phi) is 7.24. The molecule has 3 rings (SSSR count). The summed E-state index contributed by atoms with van der Waals surface area (Å²) in [5.74, 6) is -1.70. The molecule has 166 valence electrons. The number of carbonyl (C=O) groups is 2. The van der Waals surface area contributed by atoms with E-state index in [0.717, 1.165) is 18.3 Å². The Bertz CT molecular complexity index is 982. The van der Waals surface area contributed by atoms with Gasteiger partial charge in [0.25, 0.3) is 5.91 Å². The number of hydrogen-bond donors (Lipinski definition) is 1. The zero-order valence-electron chi connectivity index (χ0n) is 15.8. The number of aromatic nitrogens is 1. The van der Waals surface area contributed by atoms with Crippen LogP contribution in [-0.2, 0) is 20.4 Å². The zero-order valence-corrected chi connectivity index (χ0v) is 17.4. The number of pyridine rings is 1. The van der Waals surface area contributed by atoms with Crippen molar-refractivity contribution in [1.29, 1.82) is 0 Å². The van der Waals surface area contributed by atoms with Crippen LogP contribution in [0.4, 0.5) is 24.5 Å². The van der Waals surface area contributed by atoms with Crippen LogP contribution >= 0.6 is 23.2 Å². The summed E-state index contributed by atoms with van der Waals surface area (Å²) in [6.45, 7) is 0.992. The van der Waals surface area contributed by atoms with Crippen molar-refractivity contribution < 1.29 is 32.2 Å². The summed E-state index contributed by atoms with van der Waals surface area (Å²) >= 11 is 11.5. The van der Waals surface area contributed by atoms with Crippen LogP contribution in [0.1, 0.15) is 15.9 Å². The Hall–Kier alpha value is -2.56. The molecule has 1 fully saturated rings. The van der Waals surface area contributed by atoms with Crippen molar-refractivity contribution in [3.63, 3.8) is 0 Å². The maximum Gasteiger partial charge on any atom is 0.416 e. The van der Waals surface area contributed by atoms with Crippen LogP contribution in [0.15, 0.2) is 30.5 Å². The summed E-state index contributed by atoms with van der Waals surface area (Å²) in [5.41, 5.74) is -0.590. The first-order valence-electron chi connectivity index (χ1n) is 8.97. The van der Waals surface area contributed by atoms with Crippen LogP contribution in [0.25, 0.3) is 0 Å². The van der Waals surface area contributed by atoms with E-state index in [-0.39, 0.29) is 21.4 Å². The van der Waals surface area contributed by atoms with Crippen molar-refractivity contribution >= 4 is 46.5 Å². The highest BCUT2D eigenvalue weighted by Gasteiger charge is 2.32. The molecule has 1 amide bonds. The van der Waals surface area contributed by atoms with Gasteiger partial charge in [0.1, 0.15) is 5.15 Å². The zero-order chi connectivity index (χ0) is 22.6. The Morgan fingerprint density at radius 2 is 1.90 bits per heavy atom. The number of ether oxygens (including phenoxy) is 2. The summed E-state index contributed by atoms with van der Waals surface area (Å²) in [7, 11) is 0. The summed E-state index contributed by atoms with van der Waals surface area (Å²) in [6.07, 6.45) is -3.46. The highest BCUT2D eigenvalue weighted by atomic mass is 35.5. The lowest BCUT2D eigenvalue weighted by Crippen LogP contribution is -2.37. The Balaban J connectivity index is 1.72. The normalized spacial score (nSPS) is 14.3. The molecule has 0 spiro atoms. The van der Waals surface area contributed by atoms with Crippen molar-refractivity contribution in [3.8, 4) is 0 Å². The Labute approximate surface area is 185 Å². The maximum atomic E-state index is 13.1. The van der Waals surface area contributed by atoms with Gasteiger partial charge in [-0.25, -0.2) is 9.78 Å². The Morgan fingerprint density at radius 3 is 2.55 bits per heavy atom. The van der Waals surface area contributed by atoms with Crippen molar-refractivity contribution in [1.82, 2.24) is 4.98 Å².